The molecule has 1 aliphatic rings. The molecule has 4 aromatic rings. The molecule has 2 amide bonds. The van der Waals surface area contributed by atoms with Gasteiger partial charge in [0, 0.05) is 29.2 Å². The van der Waals surface area contributed by atoms with Crippen LogP contribution >= 0.6 is 0 Å². The standard InChI is InChI=1S/C26H23F2N3O2/c1-15-3-5-16(6-4-15)25-24-19(20-14-18(33-2)8-10-22(20)29-24)11-12-31(25)26(32)30-23-9-7-17(27)13-21(23)28/h3-10,13-14,25,29H,11-12H2,1-2H3,(H,30,32). The van der Waals surface area contributed by atoms with Crippen LogP contribution in [0.1, 0.15) is 28.4 Å². The first-order valence-electron chi connectivity index (χ1n) is 10.7. The number of rotatable bonds is 3. The number of aryl methyl sites for hydroxylation is 1. The average molecular weight is 447 g/mol. The SMILES string of the molecule is COc1ccc2[nH]c3c(c2c1)CCN(C(=O)Nc1ccc(F)cc1F)C3c1ccc(C)cc1. The minimum atomic E-state index is -0.814. The van der Waals surface area contributed by atoms with Gasteiger partial charge in [0.05, 0.1) is 18.8 Å². The highest BCUT2D eigenvalue weighted by Gasteiger charge is 2.35. The number of methoxy groups -OCH3 is 1. The molecule has 1 aromatic heterocycles. The molecule has 168 valence electrons. The van der Waals surface area contributed by atoms with Gasteiger partial charge < -0.3 is 19.9 Å². The van der Waals surface area contributed by atoms with Crippen molar-refractivity contribution in [1.82, 2.24) is 9.88 Å². The third kappa shape index (κ3) is 3.80. The number of fused-ring (bicyclic) bond motifs is 3. The molecule has 0 saturated carbocycles. The second kappa shape index (κ2) is 8.24. The molecule has 1 unspecified atom stereocenters. The number of ether oxygens (including phenoxy) is 1. The topological polar surface area (TPSA) is 57.4 Å². The minimum Gasteiger partial charge on any atom is -0.497 e. The first-order chi connectivity index (χ1) is 15.9. The highest BCUT2D eigenvalue weighted by Crippen LogP contribution is 2.39. The zero-order chi connectivity index (χ0) is 23.1. The number of hydrogen-bond acceptors (Lipinski definition) is 2. The maximum absolute atomic E-state index is 14.2. The Morgan fingerprint density at radius 3 is 2.61 bits per heavy atom. The molecule has 0 radical (unpaired) electrons. The number of nitrogens with one attached hydrogen (secondary N) is 2. The van der Waals surface area contributed by atoms with E-state index in [1.165, 1.54) is 6.07 Å². The van der Waals surface area contributed by atoms with Crippen LogP contribution in [0.5, 0.6) is 5.75 Å². The van der Waals surface area contributed by atoms with Crippen LogP contribution in [0.2, 0.25) is 0 Å². The van der Waals surface area contributed by atoms with Crippen molar-refractivity contribution in [2.24, 2.45) is 0 Å². The van der Waals surface area contributed by atoms with Gasteiger partial charge in [-0.1, -0.05) is 29.8 Å². The van der Waals surface area contributed by atoms with Crippen molar-refractivity contribution in [3.63, 3.8) is 0 Å². The summed E-state index contributed by atoms with van der Waals surface area (Å²) in [5.74, 6) is -0.743. The lowest BCUT2D eigenvalue weighted by atomic mass is 9.92. The molecule has 0 fully saturated rings. The number of urea groups is 1. The molecular weight excluding hydrogens is 424 g/mol. The van der Waals surface area contributed by atoms with E-state index in [-0.39, 0.29) is 5.69 Å². The molecule has 0 spiro atoms. The number of carbonyl (C=O) groups is 1. The van der Waals surface area contributed by atoms with Crippen molar-refractivity contribution in [1.29, 1.82) is 0 Å². The monoisotopic (exact) mass is 447 g/mol. The third-order valence-electron chi connectivity index (χ3n) is 6.16. The van der Waals surface area contributed by atoms with E-state index in [0.29, 0.717) is 13.0 Å². The predicted molar refractivity (Wildman–Crippen MR) is 124 cm³/mol. The van der Waals surface area contributed by atoms with Gasteiger partial charge in [0.15, 0.2) is 0 Å². The molecule has 0 aliphatic carbocycles. The molecule has 3 aromatic carbocycles. The van der Waals surface area contributed by atoms with Crippen LogP contribution in [0.25, 0.3) is 10.9 Å². The Balaban J connectivity index is 1.58. The molecule has 5 nitrogen and oxygen atoms in total. The van der Waals surface area contributed by atoms with Crippen molar-refractivity contribution in [3.8, 4) is 5.75 Å². The normalized spacial score (nSPS) is 15.4. The molecule has 0 saturated heterocycles. The lowest BCUT2D eigenvalue weighted by molar-refractivity contribution is 0.193. The van der Waals surface area contributed by atoms with Gasteiger partial charge in [0.1, 0.15) is 17.4 Å². The van der Waals surface area contributed by atoms with Crippen molar-refractivity contribution in [2.45, 2.75) is 19.4 Å². The molecule has 5 rings (SSSR count). The van der Waals surface area contributed by atoms with E-state index < -0.39 is 23.7 Å². The van der Waals surface area contributed by atoms with Gasteiger partial charge in [-0.25, -0.2) is 13.6 Å². The van der Waals surface area contributed by atoms with Gasteiger partial charge in [-0.3, -0.25) is 0 Å². The third-order valence-corrected chi connectivity index (χ3v) is 6.16. The number of halogens is 2. The van der Waals surface area contributed by atoms with Crippen molar-refractivity contribution >= 4 is 22.6 Å². The fourth-order valence-corrected chi connectivity index (χ4v) is 4.49. The number of carbonyl (C=O) groups excluding carboxylic acids is 1. The molecular formula is C26H23F2N3O2. The average Bonchev–Trinajstić information content (AvgIpc) is 3.18. The summed E-state index contributed by atoms with van der Waals surface area (Å²) in [6.45, 7) is 2.44. The number of aromatic amines is 1. The van der Waals surface area contributed by atoms with Gasteiger partial charge >= 0.3 is 6.03 Å². The summed E-state index contributed by atoms with van der Waals surface area (Å²) in [6.07, 6.45) is 0.629. The number of benzene rings is 3. The fourth-order valence-electron chi connectivity index (χ4n) is 4.49. The van der Waals surface area contributed by atoms with Gasteiger partial charge in [0.2, 0.25) is 0 Å². The maximum Gasteiger partial charge on any atom is 0.322 e. The fraction of sp³-hybridized carbons (Fsp3) is 0.192. The van der Waals surface area contributed by atoms with Crippen LogP contribution in [0, 0.1) is 18.6 Å². The van der Waals surface area contributed by atoms with Crippen LogP contribution < -0.4 is 10.1 Å². The quantitative estimate of drug-likeness (QED) is 0.408. The predicted octanol–water partition coefficient (Wildman–Crippen LogP) is 5.94. The summed E-state index contributed by atoms with van der Waals surface area (Å²) >= 11 is 0. The lowest BCUT2D eigenvalue weighted by Crippen LogP contribution is -2.43. The second-order valence-electron chi connectivity index (χ2n) is 8.24. The van der Waals surface area contributed by atoms with E-state index in [9.17, 15) is 13.6 Å². The molecule has 1 aliphatic heterocycles. The highest BCUT2D eigenvalue weighted by atomic mass is 19.1. The molecule has 1 atom stereocenters. The Morgan fingerprint density at radius 2 is 1.88 bits per heavy atom. The number of anilines is 1. The van der Waals surface area contributed by atoms with Crippen LogP contribution in [0.3, 0.4) is 0 Å². The number of nitrogens with zero attached hydrogens (tertiary/aromatic N) is 1. The van der Waals surface area contributed by atoms with Crippen LogP contribution in [-0.2, 0) is 6.42 Å². The Hall–Kier alpha value is -3.87. The van der Waals surface area contributed by atoms with E-state index in [1.807, 2.05) is 49.4 Å². The summed E-state index contributed by atoms with van der Waals surface area (Å²) in [6, 6.07) is 16.1. The van der Waals surface area contributed by atoms with Gasteiger partial charge in [0.25, 0.3) is 0 Å². The summed E-state index contributed by atoms with van der Waals surface area (Å²) < 4.78 is 32.9. The smallest absolute Gasteiger partial charge is 0.322 e. The number of H-pyrrole nitrogens is 1. The van der Waals surface area contributed by atoms with E-state index in [0.717, 1.165) is 51.2 Å². The van der Waals surface area contributed by atoms with Crippen LogP contribution in [0.15, 0.2) is 60.7 Å². The Morgan fingerprint density at radius 1 is 1.09 bits per heavy atom. The zero-order valence-corrected chi connectivity index (χ0v) is 18.3. The lowest BCUT2D eigenvalue weighted by Gasteiger charge is -2.36. The van der Waals surface area contributed by atoms with E-state index in [2.05, 4.69) is 10.3 Å². The van der Waals surface area contributed by atoms with E-state index in [4.69, 9.17) is 4.74 Å². The molecule has 33 heavy (non-hydrogen) atoms. The maximum atomic E-state index is 14.2. The van der Waals surface area contributed by atoms with Crippen molar-refractivity contribution in [3.05, 3.63) is 94.7 Å². The van der Waals surface area contributed by atoms with Crippen LogP contribution in [0.4, 0.5) is 19.3 Å². The molecule has 0 bridgehead atoms. The summed E-state index contributed by atoms with van der Waals surface area (Å²) in [5.41, 5.74) is 5.01. The van der Waals surface area contributed by atoms with Gasteiger partial charge in [-0.2, -0.15) is 0 Å². The summed E-state index contributed by atoms with van der Waals surface area (Å²) in [5, 5.41) is 3.67. The highest BCUT2D eigenvalue weighted by molar-refractivity contribution is 5.92. The zero-order valence-electron chi connectivity index (χ0n) is 18.3. The number of amides is 2. The van der Waals surface area contributed by atoms with Gasteiger partial charge in [-0.15, -0.1) is 0 Å². The van der Waals surface area contributed by atoms with E-state index >= 15 is 0 Å². The summed E-state index contributed by atoms with van der Waals surface area (Å²) in [7, 11) is 1.63. The first-order valence-corrected chi connectivity index (χ1v) is 10.7. The second-order valence-corrected chi connectivity index (χ2v) is 8.24. The Labute approximate surface area is 190 Å². The van der Waals surface area contributed by atoms with Crippen molar-refractivity contribution in [2.75, 3.05) is 19.0 Å². The minimum absolute atomic E-state index is 0.0590. The summed E-state index contributed by atoms with van der Waals surface area (Å²) in [4.78, 5) is 18.5. The largest absolute Gasteiger partial charge is 0.497 e. The number of hydrogen-bond donors (Lipinski definition) is 2. The molecule has 2 N–H and O–H groups in total. The van der Waals surface area contributed by atoms with Crippen molar-refractivity contribution < 1.29 is 18.3 Å². The van der Waals surface area contributed by atoms with Crippen LogP contribution in [-0.4, -0.2) is 29.6 Å². The first kappa shape index (κ1) is 21.0. The Kier molecular flexibility index (Phi) is 5.24. The Bertz CT molecular complexity index is 1350. The molecule has 2 heterocycles. The van der Waals surface area contributed by atoms with Gasteiger partial charge in [-0.05, 0) is 54.8 Å². The van der Waals surface area contributed by atoms with E-state index in [1.54, 1.807) is 12.0 Å². The number of aromatic nitrogens is 1. The molecule has 7 heteroatoms.